The number of nitrogens with one attached hydrogen (secondary N) is 5. The second-order valence-corrected chi connectivity index (χ2v) is 24.1. The van der Waals surface area contributed by atoms with Gasteiger partial charge in [0, 0.05) is 119 Å². The molecule has 0 aromatic carbocycles. The molecule has 6 rings (SSSR count). The molecule has 6 aliphatic heterocycles. The number of esters is 2. The molecule has 0 aromatic rings. The van der Waals surface area contributed by atoms with E-state index in [4.69, 9.17) is 48.9 Å². The number of halogens is 4. The number of nitrogens with zero attached hydrogens (tertiary/aromatic N) is 4. The molecular weight excluding hydrogens is 1230 g/mol. The van der Waals surface area contributed by atoms with Gasteiger partial charge in [0.25, 0.3) is 0 Å². The fourth-order valence-corrected chi connectivity index (χ4v) is 8.59. The molecule has 0 bridgehead atoms. The van der Waals surface area contributed by atoms with Crippen LogP contribution in [0.5, 0.6) is 0 Å². The Labute approximate surface area is 550 Å². The summed E-state index contributed by atoms with van der Waals surface area (Å²) < 4.78 is 9.66. The van der Waals surface area contributed by atoms with Gasteiger partial charge < -0.3 is 78.1 Å². The van der Waals surface area contributed by atoms with E-state index in [0.717, 1.165) is 87.4 Å². The average molecular weight is 1340 g/mol. The van der Waals surface area contributed by atoms with Gasteiger partial charge in [-0.2, -0.15) is 25.3 Å². The summed E-state index contributed by atoms with van der Waals surface area (Å²) in [6, 6.07) is 0. The number of nitrogens with two attached hydrogens (primary N) is 3. The van der Waals surface area contributed by atoms with Gasteiger partial charge in [0.15, 0.2) is 10.3 Å². The Morgan fingerprint density at radius 1 is 0.608 bits per heavy atom. The van der Waals surface area contributed by atoms with Gasteiger partial charge in [0.1, 0.15) is 11.2 Å². The van der Waals surface area contributed by atoms with Crippen molar-refractivity contribution in [3.05, 3.63) is 0 Å². The van der Waals surface area contributed by atoms with E-state index in [1.54, 1.807) is 48.5 Å². The molecule has 6 saturated heterocycles. The number of rotatable bonds is 10. The average Bonchev–Trinajstić information content (AvgIpc) is 3.39. The van der Waals surface area contributed by atoms with E-state index in [-0.39, 0.29) is 65.8 Å². The van der Waals surface area contributed by atoms with Crippen LogP contribution < -0.4 is 68.0 Å². The van der Waals surface area contributed by atoms with E-state index in [1.807, 2.05) is 0 Å². The molecule has 0 saturated carbocycles. The molecule has 79 heavy (non-hydrogen) atoms. The zero-order valence-electron chi connectivity index (χ0n) is 51.4. The molecule has 0 atom stereocenters. The molecule has 0 aromatic heterocycles. The van der Waals surface area contributed by atoms with Crippen LogP contribution in [0.1, 0.15) is 127 Å². The summed E-state index contributed by atoms with van der Waals surface area (Å²) in [5.41, 5.74) is 13.1. The van der Waals surface area contributed by atoms with Crippen LogP contribution in [0.3, 0.4) is 0 Å². The Balaban J connectivity index is -0.000000122. The number of likely N-dealkylation sites (tertiary alicyclic amines) is 3. The van der Waals surface area contributed by atoms with Gasteiger partial charge in [0.05, 0.1) is 0 Å². The van der Waals surface area contributed by atoms with Gasteiger partial charge in [-0.15, -0.1) is 35.6 Å². The van der Waals surface area contributed by atoms with Crippen molar-refractivity contribution in [2.24, 2.45) is 17.2 Å². The predicted molar refractivity (Wildman–Crippen MR) is 356 cm³/mol. The summed E-state index contributed by atoms with van der Waals surface area (Å²) in [6.07, 6.45) is 16.7. The zero-order valence-corrected chi connectivity index (χ0v) is 59.7. The third-order valence-corrected chi connectivity index (χ3v) is 13.0. The Morgan fingerprint density at radius 3 is 1.13 bits per heavy atom. The van der Waals surface area contributed by atoms with E-state index in [1.165, 1.54) is 161 Å². The summed E-state index contributed by atoms with van der Waals surface area (Å²) in [5.74, 6) is 2.56. The largest absolute Gasteiger partial charge is 1.00 e. The van der Waals surface area contributed by atoms with Crippen LogP contribution in [-0.4, -0.2) is 235 Å². The zero-order chi connectivity index (χ0) is 58.1. The number of thiol groups is 2. The second kappa shape index (κ2) is 69.9. The summed E-state index contributed by atoms with van der Waals surface area (Å²) in [5, 5.41) is 28.8. The van der Waals surface area contributed by atoms with Gasteiger partial charge >= 0.3 is 42.9 Å². The molecule has 27 heteroatoms. The molecular formula is C52H116BrCl3N12NaO6S4+. The molecule has 472 valence electrons. The van der Waals surface area contributed by atoms with Gasteiger partial charge in [-0.05, 0) is 164 Å². The number of aliphatic hydroxyl groups excluding tert-OH is 1. The number of thiocarbonyl (C=S) groups is 1. The van der Waals surface area contributed by atoms with Crippen LogP contribution in [0.4, 0.5) is 0 Å². The monoisotopic (exact) mass is 1340 g/mol. The first-order chi connectivity index (χ1) is 36.2. The summed E-state index contributed by atoms with van der Waals surface area (Å²) in [7, 11) is 0. The standard InChI is InChI=1S/C10H18O4.C8H17N3S.C7H14ClN.C7H15NS.C6H14N2S.C5H11N.C4H10N2.C2H4BrCl.C2H6O.CH4N2S.ClH.Na.H2O/c1-9(2,3)13-7(11)8(12)14-10(4,5)6;9-8(10)12-7-6-11-4-2-1-3-5-11;8-4-7-9-5-2-1-3-6-9;9-7-6-8-4-2-1-3-5-8;9-6-5-8-3-1-7-2-4-8;1-2-4-6-5-3-1;1-2-6-4-3-5-1;3-1-2-4;1-2-3;2-1(3)4;;;/h1-6H3;1-7H2,(H3,9,10);1-7H2;9H,1-7H2;7,9H,1-6H2;6H,1-5H2;5-6H,1-4H2;1-2H2;3H,2H2,1H3;(H4,2,3,4);1H;;1H2/q;;;;;;;;;;;+1;. The maximum absolute atomic E-state index is 11.1. The first kappa shape index (κ1) is 93.8. The second-order valence-electron chi connectivity index (χ2n) is 20.1. The van der Waals surface area contributed by atoms with Gasteiger partial charge in [-0.1, -0.05) is 53.4 Å². The smallest absolute Gasteiger partial charge is 0.870 e. The van der Waals surface area contributed by atoms with Crippen LogP contribution in [0, 0.1) is 5.41 Å². The Bertz CT molecular complexity index is 1180. The Kier molecular flexibility index (Phi) is 82.9. The van der Waals surface area contributed by atoms with Crippen molar-refractivity contribution in [3.8, 4) is 0 Å². The van der Waals surface area contributed by atoms with E-state index in [2.05, 4.69) is 106 Å². The molecule has 13 N–H and O–H groups in total. The third kappa shape index (κ3) is 83.4. The minimum absolute atomic E-state index is 0. The number of ether oxygens (including phenoxy) is 2. The minimum Gasteiger partial charge on any atom is -0.870 e. The number of piperidine rings is 4. The van der Waals surface area contributed by atoms with Crippen molar-refractivity contribution in [1.29, 1.82) is 5.41 Å². The van der Waals surface area contributed by atoms with E-state index in [0.29, 0.717) is 5.88 Å². The SMILES string of the molecule is C1CCNCC1.C1CNCCN1.CC(C)(C)OC(=O)C(=O)OC(C)(C)C.CCO.Cl.ClCCBr.ClCCN1CCCCC1.N=C(N)SCCN1CCCCC1.NC(N)=S.SCCN1CCCCC1.SCCN1CCNCC1.[H+].[Na+].[OH-]. The molecule has 0 spiro atoms. The molecule has 0 unspecified atom stereocenters. The predicted octanol–water partition coefficient (Wildman–Crippen LogP) is 3.81. The van der Waals surface area contributed by atoms with Crippen LogP contribution in [0.15, 0.2) is 0 Å². The van der Waals surface area contributed by atoms with Crippen LogP contribution in [0.25, 0.3) is 0 Å². The fourth-order valence-electron chi connectivity index (χ4n) is 7.22. The first-order valence-corrected chi connectivity index (χ1v) is 32.7. The number of alkyl halides is 3. The molecule has 6 heterocycles. The van der Waals surface area contributed by atoms with Gasteiger partial charge in [-0.25, -0.2) is 9.59 Å². The van der Waals surface area contributed by atoms with Crippen molar-refractivity contribution in [2.75, 3.05) is 172 Å². The van der Waals surface area contributed by atoms with Crippen molar-refractivity contribution in [1.82, 2.24) is 40.9 Å². The summed E-state index contributed by atoms with van der Waals surface area (Å²) in [4.78, 5) is 32.1. The summed E-state index contributed by atoms with van der Waals surface area (Å²) in [6.45, 7) is 35.9. The summed E-state index contributed by atoms with van der Waals surface area (Å²) >= 11 is 27.7. The third-order valence-electron chi connectivity index (χ3n) is 10.7. The number of carbonyl (C=O) groups excluding carboxylic acids is 2. The van der Waals surface area contributed by atoms with Crippen LogP contribution in [0.2, 0.25) is 0 Å². The molecule has 6 fully saturated rings. The number of thioether (sulfide) groups is 1. The van der Waals surface area contributed by atoms with Crippen molar-refractivity contribution >= 4 is 123 Å². The van der Waals surface area contributed by atoms with Gasteiger partial charge in [-0.3, -0.25) is 5.41 Å². The van der Waals surface area contributed by atoms with E-state index < -0.39 is 23.1 Å². The van der Waals surface area contributed by atoms with E-state index in [9.17, 15) is 9.59 Å². The molecule has 0 aliphatic carbocycles. The topological polar surface area (TPSA) is 266 Å². The minimum atomic E-state index is -0.951. The van der Waals surface area contributed by atoms with Gasteiger partial charge in [0.2, 0.25) is 0 Å². The fraction of sp³-hybridized carbons (Fsp3) is 0.923. The quantitative estimate of drug-likeness (QED) is 0.0217. The number of hydrogen-bond acceptors (Lipinski definition) is 19. The number of hydrogen-bond donors (Lipinski definition) is 11. The maximum Gasteiger partial charge on any atom is 1.00 e. The van der Waals surface area contributed by atoms with Crippen LogP contribution in [-0.2, 0) is 19.1 Å². The van der Waals surface area contributed by atoms with E-state index >= 15 is 0 Å². The van der Waals surface area contributed by atoms with Crippen LogP contribution >= 0.6 is 101 Å². The number of amidine groups is 1. The Morgan fingerprint density at radius 2 is 0.886 bits per heavy atom. The van der Waals surface area contributed by atoms with Crippen molar-refractivity contribution < 1.29 is 60.6 Å². The first-order valence-electron chi connectivity index (χ1n) is 27.9. The Hall–Kier alpha value is 1.10. The number of carbonyl (C=O) groups is 2. The normalized spacial score (nSPS) is 17.3. The van der Waals surface area contributed by atoms with Crippen molar-refractivity contribution in [2.45, 2.75) is 137 Å². The number of aliphatic hydroxyl groups is 1. The van der Waals surface area contributed by atoms with Crippen molar-refractivity contribution in [3.63, 3.8) is 0 Å². The molecule has 18 nitrogen and oxygen atoms in total. The number of piperazine rings is 2. The molecule has 0 amide bonds. The molecule has 6 aliphatic rings. The maximum atomic E-state index is 11.1. The molecule has 0 radical (unpaired) electrons.